The summed E-state index contributed by atoms with van der Waals surface area (Å²) < 4.78 is 0. The van der Waals surface area contributed by atoms with Crippen LogP contribution in [0.2, 0.25) is 5.02 Å². The molecular weight excluding hydrogens is 288 g/mol. The van der Waals surface area contributed by atoms with Gasteiger partial charge in [-0.1, -0.05) is 41.9 Å². The molecule has 2 heterocycles. The molecule has 1 saturated heterocycles. The zero-order valence-electron chi connectivity index (χ0n) is 11.3. The van der Waals surface area contributed by atoms with Gasteiger partial charge in [0.25, 0.3) is 5.91 Å². The molecule has 6 heteroatoms. The van der Waals surface area contributed by atoms with Gasteiger partial charge in [-0.3, -0.25) is 4.79 Å². The van der Waals surface area contributed by atoms with E-state index < -0.39 is 0 Å². The van der Waals surface area contributed by atoms with Crippen LogP contribution in [0.5, 0.6) is 0 Å². The first-order valence-corrected chi connectivity index (χ1v) is 7.10. The minimum Gasteiger partial charge on any atom is -0.335 e. The number of hydrogen-bond acceptors (Lipinski definition) is 4. The van der Waals surface area contributed by atoms with Gasteiger partial charge in [0.15, 0.2) is 0 Å². The molecule has 1 fully saturated rings. The molecule has 0 spiro atoms. The third kappa shape index (κ3) is 2.75. The third-order valence-corrected chi connectivity index (χ3v) is 4.03. The molecular formula is C15H15ClN4O. The summed E-state index contributed by atoms with van der Waals surface area (Å²) in [4.78, 5) is 22.0. The zero-order chi connectivity index (χ0) is 14.8. The number of halogens is 1. The number of aromatic nitrogens is 2. The van der Waals surface area contributed by atoms with Gasteiger partial charge >= 0.3 is 0 Å². The van der Waals surface area contributed by atoms with Crippen LogP contribution in [0, 0.1) is 0 Å². The number of hydrogen-bond donors (Lipinski definition) is 1. The van der Waals surface area contributed by atoms with Gasteiger partial charge in [-0.25, -0.2) is 9.97 Å². The van der Waals surface area contributed by atoms with E-state index in [1.54, 1.807) is 4.90 Å². The van der Waals surface area contributed by atoms with Crippen molar-refractivity contribution in [2.24, 2.45) is 5.73 Å². The molecule has 1 amide bonds. The van der Waals surface area contributed by atoms with Crippen LogP contribution in [0.25, 0.3) is 0 Å². The SMILES string of the molecule is N[C@@H]1CN(C(=O)c2ncncc2Cl)C[C@H]1c1ccccc1. The van der Waals surface area contributed by atoms with E-state index in [1.165, 1.54) is 12.5 Å². The van der Waals surface area contributed by atoms with Gasteiger partial charge in [0.2, 0.25) is 0 Å². The lowest BCUT2D eigenvalue weighted by atomic mass is 9.95. The lowest BCUT2D eigenvalue weighted by Crippen LogP contribution is -2.32. The van der Waals surface area contributed by atoms with E-state index in [4.69, 9.17) is 17.3 Å². The van der Waals surface area contributed by atoms with Gasteiger partial charge in [-0.2, -0.15) is 0 Å². The minimum absolute atomic E-state index is 0.0861. The average molecular weight is 303 g/mol. The van der Waals surface area contributed by atoms with Crippen molar-refractivity contribution in [1.82, 2.24) is 14.9 Å². The first-order chi connectivity index (χ1) is 10.2. The number of benzene rings is 1. The highest BCUT2D eigenvalue weighted by Gasteiger charge is 2.35. The molecule has 0 saturated carbocycles. The lowest BCUT2D eigenvalue weighted by Gasteiger charge is -2.16. The Bertz CT molecular complexity index is 649. The Balaban J connectivity index is 1.80. The fourth-order valence-corrected chi connectivity index (χ4v) is 2.85. The van der Waals surface area contributed by atoms with Crippen LogP contribution in [-0.4, -0.2) is 39.9 Å². The highest BCUT2D eigenvalue weighted by Crippen LogP contribution is 2.27. The molecule has 108 valence electrons. The number of nitrogens with zero attached hydrogens (tertiary/aromatic N) is 3. The second-order valence-electron chi connectivity index (χ2n) is 5.11. The Labute approximate surface area is 127 Å². The smallest absolute Gasteiger partial charge is 0.274 e. The Morgan fingerprint density at radius 1 is 1.29 bits per heavy atom. The Morgan fingerprint density at radius 2 is 2.05 bits per heavy atom. The molecule has 0 aliphatic carbocycles. The summed E-state index contributed by atoms with van der Waals surface area (Å²) >= 11 is 5.98. The average Bonchev–Trinajstić information content (AvgIpc) is 2.90. The summed E-state index contributed by atoms with van der Waals surface area (Å²) in [5.74, 6) is -0.0629. The predicted octanol–water partition coefficient (Wildman–Crippen LogP) is 1.70. The van der Waals surface area contributed by atoms with Gasteiger partial charge in [0, 0.05) is 31.2 Å². The quantitative estimate of drug-likeness (QED) is 0.916. The van der Waals surface area contributed by atoms with Crippen LogP contribution >= 0.6 is 11.6 Å². The highest BCUT2D eigenvalue weighted by atomic mass is 35.5. The summed E-state index contributed by atoms with van der Waals surface area (Å²) in [5.41, 5.74) is 7.57. The van der Waals surface area contributed by atoms with Gasteiger partial charge in [-0.15, -0.1) is 0 Å². The van der Waals surface area contributed by atoms with Gasteiger partial charge in [0.05, 0.1) is 5.02 Å². The topological polar surface area (TPSA) is 72.1 Å². The Kier molecular flexibility index (Phi) is 3.86. The van der Waals surface area contributed by atoms with Crippen molar-refractivity contribution >= 4 is 17.5 Å². The lowest BCUT2D eigenvalue weighted by molar-refractivity contribution is 0.0783. The summed E-state index contributed by atoms with van der Waals surface area (Å²) in [6.45, 7) is 1.07. The van der Waals surface area contributed by atoms with E-state index in [9.17, 15) is 4.79 Å². The van der Waals surface area contributed by atoms with Gasteiger partial charge in [0.1, 0.15) is 12.0 Å². The van der Waals surface area contributed by atoms with Crippen molar-refractivity contribution in [3.63, 3.8) is 0 Å². The Morgan fingerprint density at radius 3 is 2.76 bits per heavy atom. The van der Waals surface area contributed by atoms with Crippen molar-refractivity contribution in [1.29, 1.82) is 0 Å². The molecule has 3 rings (SSSR count). The van der Waals surface area contributed by atoms with E-state index >= 15 is 0 Å². The van der Waals surface area contributed by atoms with E-state index in [1.807, 2.05) is 30.3 Å². The molecule has 21 heavy (non-hydrogen) atoms. The second kappa shape index (κ2) is 5.79. The largest absolute Gasteiger partial charge is 0.335 e. The molecule has 1 aliphatic heterocycles. The number of likely N-dealkylation sites (tertiary alicyclic amines) is 1. The van der Waals surface area contributed by atoms with Crippen LogP contribution in [0.4, 0.5) is 0 Å². The van der Waals surface area contributed by atoms with Crippen LogP contribution in [0.15, 0.2) is 42.9 Å². The summed E-state index contributed by atoms with van der Waals surface area (Å²) in [6, 6.07) is 9.92. The van der Waals surface area contributed by atoms with Crippen LogP contribution in [0.1, 0.15) is 22.0 Å². The molecule has 0 unspecified atom stereocenters. The monoisotopic (exact) mass is 302 g/mol. The molecule has 1 aromatic heterocycles. The molecule has 0 radical (unpaired) electrons. The normalized spacial score (nSPS) is 21.5. The molecule has 2 aromatic rings. The van der Waals surface area contributed by atoms with Gasteiger partial charge < -0.3 is 10.6 Å². The zero-order valence-corrected chi connectivity index (χ0v) is 12.1. The molecule has 5 nitrogen and oxygen atoms in total. The molecule has 2 N–H and O–H groups in total. The molecule has 1 aliphatic rings. The number of amides is 1. The fourth-order valence-electron chi connectivity index (χ4n) is 2.67. The fraction of sp³-hybridized carbons (Fsp3) is 0.267. The second-order valence-corrected chi connectivity index (χ2v) is 5.52. The molecule has 2 atom stereocenters. The van der Waals surface area contributed by atoms with Gasteiger partial charge in [-0.05, 0) is 5.56 Å². The number of rotatable bonds is 2. The van der Waals surface area contributed by atoms with Crippen molar-refractivity contribution < 1.29 is 4.79 Å². The summed E-state index contributed by atoms with van der Waals surface area (Å²) in [5, 5.41) is 0.263. The number of nitrogens with two attached hydrogens (primary N) is 1. The summed E-state index contributed by atoms with van der Waals surface area (Å²) in [6.07, 6.45) is 2.75. The molecule has 1 aromatic carbocycles. The number of carbonyl (C=O) groups is 1. The van der Waals surface area contributed by atoms with Crippen molar-refractivity contribution in [2.75, 3.05) is 13.1 Å². The van der Waals surface area contributed by atoms with Crippen molar-refractivity contribution in [2.45, 2.75) is 12.0 Å². The minimum atomic E-state index is -0.198. The van der Waals surface area contributed by atoms with E-state index in [0.29, 0.717) is 13.1 Å². The van der Waals surface area contributed by atoms with E-state index in [0.717, 1.165) is 5.56 Å². The predicted molar refractivity (Wildman–Crippen MR) is 80.1 cm³/mol. The summed E-state index contributed by atoms with van der Waals surface area (Å²) in [7, 11) is 0. The number of carbonyl (C=O) groups excluding carboxylic acids is 1. The van der Waals surface area contributed by atoms with Crippen molar-refractivity contribution in [3.8, 4) is 0 Å². The van der Waals surface area contributed by atoms with E-state index in [2.05, 4.69) is 9.97 Å². The molecule has 0 bridgehead atoms. The van der Waals surface area contributed by atoms with Crippen LogP contribution < -0.4 is 5.73 Å². The van der Waals surface area contributed by atoms with E-state index in [-0.39, 0.29) is 28.6 Å². The highest BCUT2D eigenvalue weighted by molar-refractivity contribution is 6.33. The van der Waals surface area contributed by atoms with Crippen LogP contribution in [-0.2, 0) is 0 Å². The maximum atomic E-state index is 12.5. The van der Waals surface area contributed by atoms with Crippen LogP contribution in [0.3, 0.4) is 0 Å². The maximum absolute atomic E-state index is 12.5. The maximum Gasteiger partial charge on any atom is 0.274 e. The third-order valence-electron chi connectivity index (χ3n) is 3.75. The standard InChI is InChI=1S/C15H15ClN4O/c16-12-6-18-9-19-14(12)15(21)20-7-11(13(17)8-20)10-4-2-1-3-5-10/h1-6,9,11,13H,7-8,17H2/t11-,13+/m0/s1. The van der Waals surface area contributed by atoms with Crippen molar-refractivity contribution in [3.05, 3.63) is 59.1 Å². The first kappa shape index (κ1) is 14.0. The first-order valence-electron chi connectivity index (χ1n) is 6.72. The Hall–Kier alpha value is -1.98.